The minimum Gasteiger partial charge on any atom is -0.457 e. The molecule has 6 heteroatoms. The van der Waals surface area contributed by atoms with Crippen LogP contribution in [0.15, 0.2) is 77.4 Å². The molecule has 0 aliphatic carbocycles. The third-order valence-corrected chi connectivity index (χ3v) is 3.40. The summed E-state index contributed by atoms with van der Waals surface area (Å²) in [5.74, 6) is -1.73. The van der Waals surface area contributed by atoms with Gasteiger partial charge in [0.1, 0.15) is 5.82 Å². The molecule has 0 spiro atoms. The number of halogens is 1. The Labute approximate surface area is 143 Å². The van der Waals surface area contributed by atoms with Gasteiger partial charge in [-0.1, -0.05) is 30.3 Å². The maximum atomic E-state index is 13.0. The van der Waals surface area contributed by atoms with Gasteiger partial charge in [0.25, 0.3) is 5.91 Å². The number of hydrogen-bond acceptors (Lipinski definition) is 4. The van der Waals surface area contributed by atoms with Crippen molar-refractivity contribution in [2.75, 3.05) is 5.32 Å². The van der Waals surface area contributed by atoms with E-state index in [0.717, 1.165) is 0 Å². The van der Waals surface area contributed by atoms with Gasteiger partial charge in [-0.2, -0.15) is 0 Å². The molecule has 1 heterocycles. The van der Waals surface area contributed by atoms with Crippen molar-refractivity contribution < 1.29 is 23.1 Å². The lowest BCUT2D eigenvalue weighted by molar-refractivity contribution is -0.125. The highest BCUT2D eigenvalue weighted by atomic mass is 19.1. The second-order valence-corrected chi connectivity index (χ2v) is 5.17. The van der Waals surface area contributed by atoms with Crippen LogP contribution >= 0.6 is 0 Å². The molecule has 25 heavy (non-hydrogen) atoms. The number of esters is 1. The Balaban J connectivity index is 1.81. The molecule has 1 atom stereocenters. The summed E-state index contributed by atoms with van der Waals surface area (Å²) in [5, 5.41) is 2.60. The third kappa shape index (κ3) is 4.11. The van der Waals surface area contributed by atoms with E-state index in [1.165, 1.54) is 36.6 Å². The molecule has 0 saturated carbocycles. The van der Waals surface area contributed by atoms with Crippen LogP contribution in [0.4, 0.5) is 10.1 Å². The van der Waals surface area contributed by atoms with Crippen LogP contribution in [0, 0.1) is 5.82 Å². The maximum Gasteiger partial charge on any atom is 0.375 e. The molecule has 0 saturated heterocycles. The molecule has 0 fully saturated rings. The number of carbonyl (C=O) groups excluding carboxylic acids is 2. The summed E-state index contributed by atoms with van der Waals surface area (Å²) in [4.78, 5) is 24.7. The molecule has 126 valence electrons. The average Bonchev–Trinajstić information content (AvgIpc) is 3.17. The van der Waals surface area contributed by atoms with Crippen LogP contribution in [0.25, 0.3) is 0 Å². The Bertz CT molecular complexity index is 845. The Morgan fingerprint density at radius 2 is 1.68 bits per heavy atom. The van der Waals surface area contributed by atoms with Crippen molar-refractivity contribution in [3.8, 4) is 0 Å². The average molecular weight is 339 g/mol. The lowest BCUT2D eigenvalue weighted by Crippen LogP contribution is -2.25. The maximum absolute atomic E-state index is 13.0. The summed E-state index contributed by atoms with van der Waals surface area (Å²) in [7, 11) is 0. The number of carbonyl (C=O) groups is 2. The monoisotopic (exact) mass is 339 g/mol. The van der Waals surface area contributed by atoms with Crippen molar-refractivity contribution in [3.63, 3.8) is 0 Å². The molecule has 0 aliphatic rings. The Morgan fingerprint density at radius 3 is 2.32 bits per heavy atom. The van der Waals surface area contributed by atoms with Crippen molar-refractivity contribution in [2.45, 2.75) is 6.10 Å². The van der Waals surface area contributed by atoms with Gasteiger partial charge >= 0.3 is 5.97 Å². The van der Waals surface area contributed by atoms with E-state index in [4.69, 9.17) is 9.15 Å². The van der Waals surface area contributed by atoms with Gasteiger partial charge in [-0.3, -0.25) is 4.79 Å². The zero-order valence-corrected chi connectivity index (χ0v) is 13.0. The van der Waals surface area contributed by atoms with Crippen LogP contribution in [-0.2, 0) is 9.53 Å². The minimum absolute atomic E-state index is 0.00415. The molecule has 0 bridgehead atoms. The largest absolute Gasteiger partial charge is 0.457 e. The topological polar surface area (TPSA) is 68.5 Å². The standard InChI is InChI=1S/C19H14FNO4/c20-14-8-10-15(11-9-14)21-18(22)17(13-5-2-1-3-6-13)25-19(23)16-7-4-12-24-16/h1-12,17H,(H,21,22)/t17-/m0/s1. The third-order valence-electron chi connectivity index (χ3n) is 3.40. The van der Waals surface area contributed by atoms with Gasteiger partial charge in [-0.05, 0) is 36.4 Å². The summed E-state index contributed by atoms with van der Waals surface area (Å²) in [6.07, 6.45) is 0.163. The second-order valence-electron chi connectivity index (χ2n) is 5.17. The number of amides is 1. The van der Waals surface area contributed by atoms with E-state index in [0.29, 0.717) is 11.3 Å². The Hall–Kier alpha value is -3.41. The molecule has 1 aromatic heterocycles. The molecular weight excluding hydrogens is 325 g/mol. The molecule has 2 aromatic carbocycles. The van der Waals surface area contributed by atoms with Crippen LogP contribution in [0.1, 0.15) is 22.2 Å². The van der Waals surface area contributed by atoms with Gasteiger partial charge in [-0.15, -0.1) is 0 Å². The van der Waals surface area contributed by atoms with Crippen molar-refractivity contribution in [2.24, 2.45) is 0 Å². The number of benzene rings is 2. The smallest absolute Gasteiger partial charge is 0.375 e. The lowest BCUT2D eigenvalue weighted by Gasteiger charge is -2.17. The molecule has 3 aromatic rings. The first-order valence-corrected chi connectivity index (χ1v) is 7.49. The fraction of sp³-hybridized carbons (Fsp3) is 0.0526. The normalized spacial score (nSPS) is 11.6. The molecular formula is C19H14FNO4. The fourth-order valence-electron chi connectivity index (χ4n) is 2.20. The predicted molar refractivity (Wildman–Crippen MR) is 88.3 cm³/mol. The summed E-state index contributed by atoms with van der Waals surface area (Å²) < 4.78 is 23.3. The van der Waals surface area contributed by atoms with E-state index in [1.807, 2.05) is 0 Å². The number of hydrogen-bond donors (Lipinski definition) is 1. The molecule has 0 unspecified atom stereocenters. The Morgan fingerprint density at radius 1 is 0.960 bits per heavy atom. The number of ether oxygens (including phenoxy) is 1. The zero-order valence-electron chi connectivity index (χ0n) is 13.0. The number of nitrogens with one attached hydrogen (secondary N) is 1. The predicted octanol–water partition coefficient (Wildman–Crippen LogP) is 3.96. The SMILES string of the molecule is O=C(O[C@H](C(=O)Nc1ccc(F)cc1)c1ccccc1)c1ccco1. The fourth-order valence-corrected chi connectivity index (χ4v) is 2.20. The zero-order chi connectivity index (χ0) is 17.6. The van der Waals surface area contributed by atoms with Crippen molar-refractivity contribution in [3.05, 3.63) is 90.1 Å². The summed E-state index contributed by atoms with van der Waals surface area (Å²) in [5.41, 5.74) is 0.892. The Kier molecular flexibility index (Phi) is 4.89. The summed E-state index contributed by atoms with van der Waals surface area (Å²) in [6.45, 7) is 0. The highest BCUT2D eigenvalue weighted by Gasteiger charge is 2.26. The molecule has 3 rings (SSSR count). The first-order chi connectivity index (χ1) is 12.1. The molecule has 1 N–H and O–H groups in total. The van der Waals surface area contributed by atoms with Crippen molar-refractivity contribution in [1.82, 2.24) is 0 Å². The highest BCUT2D eigenvalue weighted by molar-refractivity contribution is 5.97. The van der Waals surface area contributed by atoms with Crippen LogP contribution in [0.2, 0.25) is 0 Å². The van der Waals surface area contributed by atoms with E-state index in [-0.39, 0.29) is 5.76 Å². The van der Waals surface area contributed by atoms with Gasteiger partial charge in [-0.25, -0.2) is 9.18 Å². The number of anilines is 1. The number of furan rings is 1. The van der Waals surface area contributed by atoms with Crippen LogP contribution in [0.5, 0.6) is 0 Å². The van der Waals surface area contributed by atoms with Crippen LogP contribution < -0.4 is 5.32 Å². The van der Waals surface area contributed by atoms with Crippen LogP contribution in [-0.4, -0.2) is 11.9 Å². The van der Waals surface area contributed by atoms with E-state index in [1.54, 1.807) is 36.4 Å². The lowest BCUT2D eigenvalue weighted by atomic mass is 10.1. The first-order valence-electron chi connectivity index (χ1n) is 7.49. The minimum atomic E-state index is -1.18. The van der Waals surface area contributed by atoms with Crippen molar-refractivity contribution in [1.29, 1.82) is 0 Å². The number of rotatable bonds is 5. The van der Waals surface area contributed by atoms with Crippen LogP contribution in [0.3, 0.4) is 0 Å². The molecule has 0 radical (unpaired) electrons. The molecule has 5 nitrogen and oxygen atoms in total. The van der Waals surface area contributed by atoms with Gasteiger partial charge in [0, 0.05) is 11.3 Å². The highest BCUT2D eigenvalue weighted by Crippen LogP contribution is 2.22. The van der Waals surface area contributed by atoms with Gasteiger partial charge in [0.2, 0.25) is 11.9 Å². The van der Waals surface area contributed by atoms with E-state index < -0.39 is 23.8 Å². The van der Waals surface area contributed by atoms with E-state index in [9.17, 15) is 14.0 Å². The summed E-state index contributed by atoms with van der Waals surface area (Å²) >= 11 is 0. The van der Waals surface area contributed by atoms with E-state index in [2.05, 4.69) is 5.32 Å². The van der Waals surface area contributed by atoms with Crippen molar-refractivity contribution >= 4 is 17.6 Å². The molecule has 0 aliphatic heterocycles. The first kappa shape index (κ1) is 16.4. The van der Waals surface area contributed by atoms with Gasteiger partial charge in [0.05, 0.1) is 6.26 Å². The summed E-state index contributed by atoms with van der Waals surface area (Å²) in [6, 6.07) is 16.9. The van der Waals surface area contributed by atoms with E-state index >= 15 is 0 Å². The second kappa shape index (κ2) is 7.44. The molecule has 1 amide bonds. The van der Waals surface area contributed by atoms with Gasteiger partial charge < -0.3 is 14.5 Å². The quantitative estimate of drug-likeness (QED) is 0.715. The van der Waals surface area contributed by atoms with Gasteiger partial charge in [0.15, 0.2) is 0 Å².